The van der Waals surface area contributed by atoms with Crippen LogP contribution in [0.15, 0.2) is 23.9 Å². The van der Waals surface area contributed by atoms with Crippen LogP contribution in [0.1, 0.15) is 79.1 Å². The van der Waals surface area contributed by atoms with Crippen LogP contribution in [0.3, 0.4) is 0 Å². The first-order valence-electron chi connectivity index (χ1n) is 13.1. The maximum absolute atomic E-state index is 12.7. The standard InChI is InChI=1S/C28H43NO6/c1-17-13-18(2)15-20(4)27(32)23(29-5)11-6-7-12-25(21-9-8-10-22(21)28(33)34)35-26(31)16-24(30)19(3)14-17/h6-7,11,17-22,24-25,27,30,32H,8-10,12-16H2,1-4H3,(H,33,34)/b7-6+,23-11+/t17-,18+,19-,20-,21+,22+,24-,25-,27-/m0/s1. The largest absolute Gasteiger partial charge is 0.481 e. The fourth-order valence-corrected chi connectivity index (χ4v) is 5.95. The Hall–Kier alpha value is -2.17. The van der Waals surface area contributed by atoms with Crippen LogP contribution in [0.5, 0.6) is 0 Å². The van der Waals surface area contributed by atoms with Gasteiger partial charge in [-0.1, -0.05) is 52.3 Å². The number of carboxylic acid groups (broad SMARTS) is 1. The fraction of sp³-hybridized carbons (Fsp3) is 0.750. The van der Waals surface area contributed by atoms with E-state index in [0.29, 0.717) is 31.1 Å². The number of aliphatic carboxylic acids is 1. The summed E-state index contributed by atoms with van der Waals surface area (Å²) in [6.45, 7) is 15.7. The monoisotopic (exact) mass is 489 g/mol. The molecule has 0 aromatic carbocycles. The van der Waals surface area contributed by atoms with E-state index in [-0.39, 0.29) is 29.9 Å². The minimum atomic E-state index is -0.879. The van der Waals surface area contributed by atoms with Crippen LogP contribution in [0.2, 0.25) is 0 Å². The van der Waals surface area contributed by atoms with Gasteiger partial charge in [-0.3, -0.25) is 9.59 Å². The van der Waals surface area contributed by atoms with Crippen LogP contribution in [0, 0.1) is 42.1 Å². The molecule has 3 N–H and O–H groups in total. The van der Waals surface area contributed by atoms with E-state index in [9.17, 15) is 24.9 Å². The number of rotatable bonds is 2. The summed E-state index contributed by atoms with van der Waals surface area (Å²) < 4.78 is 5.77. The van der Waals surface area contributed by atoms with Gasteiger partial charge in [0, 0.05) is 12.3 Å². The number of esters is 1. The van der Waals surface area contributed by atoms with E-state index in [1.54, 1.807) is 18.2 Å². The normalized spacial score (nSPS) is 40.9. The average molecular weight is 490 g/mol. The first kappa shape index (κ1) is 29.1. The number of aliphatic hydroxyl groups is 2. The molecule has 0 aromatic heterocycles. The Labute approximate surface area is 210 Å². The van der Waals surface area contributed by atoms with Gasteiger partial charge >= 0.3 is 11.9 Å². The van der Waals surface area contributed by atoms with Gasteiger partial charge in [0.2, 0.25) is 0 Å². The summed E-state index contributed by atoms with van der Waals surface area (Å²) in [5.74, 6) is -1.73. The second-order valence-electron chi connectivity index (χ2n) is 11.0. The summed E-state index contributed by atoms with van der Waals surface area (Å²) in [7, 11) is 0. The third-order valence-corrected chi connectivity index (χ3v) is 7.78. The van der Waals surface area contributed by atoms with Gasteiger partial charge in [0.25, 0.3) is 0 Å². The molecule has 196 valence electrons. The highest BCUT2D eigenvalue weighted by Crippen LogP contribution is 2.37. The number of hydrogen-bond donors (Lipinski definition) is 3. The Balaban J connectivity index is 2.30. The van der Waals surface area contributed by atoms with Gasteiger partial charge in [0.1, 0.15) is 6.10 Å². The molecule has 0 amide bonds. The number of cyclic esters (lactones) is 1. The average Bonchev–Trinajstić information content (AvgIpc) is 3.27. The number of aliphatic hydroxyl groups excluding tert-OH is 2. The fourth-order valence-electron chi connectivity index (χ4n) is 5.95. The summed E-state index contributed by atoms with van der Waals surface area (Å²) in [6, 6.07) is 0. The molecule has 7 nitrogen and oxygen atoms in total. The zero-order chi connectivity index (χ0) is 26.1. The highest BCUT2D eigenvalue weighted by atomic mass is 16.5. The maximum Gasteiger partial charge on any atom is 0.308 e. The van der Waals surface area contributed by atoms with Crippen molar-refractivity contribution in [3.05, 3.63) is 35.3 Å². The van der Waals surface area contributed by atoms with Gasteiger partial charge in [0.05, 0.1) is 31.1 Å². The van der Waals surface area contributed by atoms with Crippen molar-refractivity contribution in [2.45, 2.75) is 97.4 Å². The van der Waals surface area contributed by atoms with Gasteiger partial charge in [-0.2, -0.15) is 0 Å². The molecule has 0 aromatic rings. The van der Waals surface area contributed by atoms with Crippen LogP contribution in [-0.2, 0) is 14.3 Å². The van der Waals surface area contributed by atoms with Gasteiger partial charge < -0.3 is 20.1 Å². The van der Waals surface area contributed by atoms with Crippen LogP contribution in [0.25, 0.3) is 4.85 Å². The van der Waals surface area contributed by atoms with E-state index >= 15 is 0 Å². The lowest BCUT2D eigenvalue weighted by atomic mass is 9.82. The molecule has 1 fully saturated rings. The topological polar surface area (TPSA) is 108 Å². The van der Waals surface area contributed by atoms with Crippen molar-refractivity contribution < 1.29 is 29.6 Å². The minimum Gasteiger partial charge on any atom is -0.481 e. The number of allylic oxidation sites excluding steroid dienone is 2. The lowest BCUT2D eigenvalue weighted by Gasteiger charge is -2.28. The first-order valence-corrected chi connectivity index (χ1v) is 13.1. The van der Waals surface area contributed by atoms with E-state index < -0.39 is 36.2 Å². The summed E-state index contributed by atoms with van der Waals surface area (Å²) in [5.41, 5.74) is 0.268. The second-order valence-corrected chi connectivity index (χ2v) is 11.0. The molecule has 1 aliphatic carbocycles. The predicted octanol–water partition coefficient (Wildman–Crippen LogP) is 4.99. The number of carbonyl (C=O) groups is 2. The molecule has 1 saturated carbocycles. The van der Waals surface area contributed by atoms with Crippen LogP contribution < -0.4 is 0 Å². The maximum atomic E-state index is 12.7. The van der Waals surface area contributed by atoms with E-state index in [4.69, 9.17) is 11.3 Å². The summed E-state index contributed by atoms with van der Waals surface area (Å²) in [6.07, 6.45) is 7.40. The van der Waals surface area contributed by atoms with Crippen molar-refractivity contribution in [3.63, 3.8) is 0 Å². The van der Waals surface area contributed by atoms with Crippen LogP contribution in [-0.4, -0.2) is 45.6 Å². The molecule has 0 bridgehead atoms. The smallest absolute Gasteiger partial charge is 0.308 e. The number of ether oxygens (including phenoxy) is 1. The highest BCUT2D eigenvalue weighted by Gasteiger charge is 2.39. The quantitative estimate of drug-likeness (QED) is 0.373. The summed E-state index contributed by atoms with van der Waals surface area (Å²) in [4.78, 5) is 28.0. The lowest BCUT2D eigenvalue weighted by Crippen LogP contribution is -2.34. The minimum absolute atomic E-state index is 0.0728. The number of hydrogen-bond acceptors (Lipinski definition) is 5. The molecule has 0 spiro atoms. The Kier molecular flexibility index (Phi) is 11.5. The van der Waals surface area contributed by atoms with Crippen molar-refractivity contribution in [1.82, 2.24) is 0 Å². The SMILES string of the molecule is [C-]#[N+]/C1=C/C=C/C[C@@H]([C@@H]2CCC[C@H]2C(=O)O)OC(=O)C[C@H](O)[C@@H](C)C[C@@H](C)C[C@@H](C)C[C@H](C)[C@@H]1O. The molecule has 1 aliphatic heterocycles. The van der Waals surface area contributed by atoms with Crippen molar-refractivity contribution in [2.75, 3.05) is 0 Å². The molecule has 35 heavy (non-hydrogen) atoms. The van der Waals surface area contributed by atoms with Crippen LogP contribution >= 0.6 is 0 Å². The second kappa shape index (κ2) is 13.8. The molecule has 2 aliphatic rings. The van der Waals surface area contributed by atoms with Gasteiger partial charge in [0.15, 0.2) is 5.70 Å². The molecule has 9 atom stereocenters. The molecule has 2 rings (SSSR count). The third-order valence-electron chi connectivity index (χ3n) is 7.78. The molecule has 0 radical (unpaired) electrons. The number of carboxylic acids is 1. The van der Waals surface area contributed by atoms with Crippen molar-refractivity contribution in [2.24, 2.45) is 35.5 Å². The van der Waals surface area contributed by atoms with Crippen molar-refractivity contribution in [3.8, 4) is 0 Å². The molecule has 7 heteroatoms. The van der Waals surface area contributed by atoms with E-state index in [1.165, 1.54) is 0 Å². The zero-order valence-electron chi connectivity index (χ0n) is 21.6. The Morgan fingerprint density at radius 2 is 1.71 bits per heavy atom. The van der Waals surface area contributed by atoms with Crippen molar-refractivity contribution in [1.29, 1.82) is 0 Å². The Bertz CT molecular complexity index is 815. The molecule has 0 saturated heterocycles. The predicted molar refractivity (Wildman–Crippen MR) is 134 cm³/mol. The molecule has 1 heterocycles. The number of nitrogens with zero attached hydrogens (tertiary/aromatic N) is 1. The number of carbonyl (C=O) groups excluding carboxylic acids is 1. The molecule has 0 unspecified atom stereocenters. The van der Waals surface area contributed by atoms with E-state index in [0.717, 1.165) is 25.7 Å². The zero-order valence-corrected chi connectivity index (χ0v) is 21.6. The van der Waals surface area contributed by atoms with Gasteiger partial charge in [-0.15, -0.1) is 0 Å². The Morgan fingerprint density at radius 3 is 2.34 bits per heavy atom. The van der Waals surface area contributed by atoms with Gasteiger partial charge in [-0.25, -0.2) is 4.85 Å². The highest BCUT2D eigenvalue weighted by molar-refractivity contribution is 5.72. The van der Waals surface area contributed by atoms with E-state index in [2.05, 4.69) is 18.7 Å². The third kappa shape index (κ3) is 8.77. The lowest BCUT2D eigenvalue weighted by molar-refractivity contribution is -0.159. The first-order chi connectivity index (χ1) is 16.5. The summed E-state index contributed by atoms with van der Waals surface area (Å²) >= 11 is 0. The molecular weight excluding hydrogens is 446 g/mol. The molecular formula is C28H43NO6. The Morgan fingerprint density at radius 1 is 1.06 bits per heavy atom. The van der Waals surface area contributed by atoms with E-state index in [1.807, 2.05) is 13.8 Å². The van der Waals surface area contributed by atoms with Crippen molar-refractivity contribution >= 4 is 11.9 Å². The van der Waals surface area contributed by atoms with Crippen LogP contribution in [0.4, 0.5) is 0 Å². The summed E-state index contributed by atoms with van der Waals surface area (Å²) in [5, 5.41) is 31.1. The van der Waals surface area contributed by atoms with Gasteiger partial charge in [-0.05, 0) is 55.8 Å².